The van der Waals surface area contributed by atoms with Crippen LogP contribution in [0, 0.1) is 0 Å². The number of guanidine groups is 1. The van der Waals surface area contributed by atoms with E-state index in [9.17, 15) is 0 Å². The van der Waals surface area contributed by atoms with E-state index < -0.39 is 0 Å². The van der Waals surface area contributed by atoms with Gasteiger partial charge >= 0.3 is 0 Å². The van der Waals surface area contributed by atoms with Crippen LogP contribution in [-0.2, 0) is 13.6 Å². The summed E-state index contributed by atoms with van der Waals surface area (Å²) in [6.07, 6.45) is 1.12. The minimum Gasteiger partial charge on any atom is -0.349 e. The second kappa shape index (κ2) is 5.32. The number of halogens is 1. The van der Waals surface area contributed by atoms with Crippen LogP contribution >= 0.6 is 11.6 Å². The van der Waals surface area contributed by atoms with Gasteiger partial charge in [0.2, 0.25) is 0 Å². The van der Waals surface area contributed by atoms with Gasteiger partial charge in [0.15, 0.2) is 5.96 Å². The van der Waals surface area contributed by atoms with Crippen molar-refractivity contribution in [2.24, 2.45) is 12.0 Å². The molecule has 0 saturated carbocycles. The topological polar surface area (TPSA) is 45.4 Å². The highest BCUT2D eigenvalue weighted by molar-refractivity contribution is 6.31. The maximum Gasteiger partial charge on any atom is 0.194 e. The molecule has 0 bridgehead atoms. The van der Waals surface area contributed by atoms with Crippen LogP contribution in [0.2, 0.25) is 5.02 Å². The smallest absolute Gasteiger partial charge is 0.194 e. The highest BCUT2D eigenvalue weighted by atomic mass is 35.5. The Balaban J connectivity index is 1.81. The molecule has 106 valence electrons. The normalized spacial score (nSPS) is 15.6. The first-order valence-electron chi connectivity index (χ1n) is 6.75. The molecule has 0 aliphatic carbocycles. The van der Waals surface area contributed by atoms with Crippen LogP contribution in [0.5, 0.6) is 0 Å². The molecular weight excluding hydrogens is 274 g/mol. The summed E-state index contributed by atoms with van der Waals surface area (Å²) in [6.45, 7) is 2.60. The summed E-state index contributed by atoms with van der Waals surface area (Å²) in [5.74, 6) is 1.92. The second-order valence-electron chi connectivity index (χ2n) is 5.05. The number of rotatable bonds is 2. The Morgan fingerprint density at radius 1 is 1.35 bits per heavy atom. The quantitative estimate of drug-likeness (QED) is 0.921. The van der Waals surface area contributed by atoms with Gasteiger partial charge in [-0.3, -0.25) is 4.99 Å². The van der Waals surface area contributed by atoms with E-state index in [0.717, 1.165) is 42.3 Å². The summed E-state index contributed by atoms with van der Waals surface area (Å²) in [4.78, 5) is 11.3. The molecule has 3 rings (SSSR count). The molecule has 0 spiro atoms. The molecule has 0 unspecified atom stereocenters. The molecule has 1 aliphatic heterocycles. The van der Waals surface area contributed by atoms with Crippen molar-refractivity contribution >= 4 is 28.6 Å². The maximum absolute atomic E-state index is 6.01. The fourth-order valence-corrected chi connectivity index (χ4v) is 2.62. The van der Waals surface area contributed by atoms with E-state index in [0.29, 0.717) is 11.6 Å². The Kier molecular flexibility index (Phi) is 3.53. The molecule has 1 aromatic heterocycles. The summed E-state index contributed by atoms with van der Waals surface area (Å²) >= 11 is 6.01. The Labute approximate surface area is 123 Å². The first kappa shape index (κ1) is 13.2. The minimum absolute atomic E-state index is 0.659. The van der Waals surface area contributed by atoms with Crippen molar-refractivity contribution in [1.29, 1.82) is 0 Å². The van der Waals surface area contributed by atoms with E-state index in [1.807, 2.05) is 25.2 Å². The third kappa shape index (κ3) is 2.45. The first-order valence-corrected chi connectivity index (χ1v) is 7.13. The number of imidazole rings is 1. The van der Waals surface area contributed by atoms with Gasteiger partial charge in [0.25, 0.3) is 0 Å². The molecule has 0 fully saturated rings. The highest BCUT2D eigenvalue weighted by Crippen LogP contribution is 2.19. The summed E-state index contributed by atoms with van der Waals surface area (Å²) in [6, 6.07) is 5.78. The fourth-order valence-electron chi connectivity index (χ4n) is 2.45. The van der Waals surface area contributed by atoms with E-state index in [2.05, 4.69) is 31.8 Å². The molecular formula is C14H18ClN5. The average molecular weight is 292 g/mol. The van der Waals surface area contributed by atoms with Crippen molar-refractivity contribution in [3.63, 3.8) is 0 Å². The third-order valence-corrected chi connectivity index (χ3v) is 3.85. The lowest BCUT2D eigenvalue weighted by Gasteiger charge is -2.25. The predicted molar refractivity (Wildman–Crippen MR) is 82.1 cm³/mol. The molecule has 2 heterocycles. The molecule has 0 atom stereocenters. The molecule has 5 nitrogen and oxygen atoms in total. The van der Waals surface area contributed by atoms with Crippen LogP contribution in [0.15, 0.2) is 23.2 Å². The van der Waals surface area contributed by atoms with E-state index >= 15 is 0 Å². The average Bonchev–Trinajstić information content (AvgIpc) is 2.74. The Morgan fingerprint density at radius 3 is 3.00 bits per heavy atom. The van der Waals surface area contributed by atoms with Crippen LogP contribution < -0.4 is 5.32 Å². The van der Waals surface area contributed by atoms with Gasteiger partial charge in [0, 0.05) is 32.2 Å². The number of nitrogens with zero attached hydrogens (tertiary/aromatic N) is 4. The van der Waals surface area contributed by atoms with Crippen LogP contribution in [0.1, 0.15) is 12.2 Å². The zero-order valence-electron chi connectivity index (χ0n) is 11.7. The second-order valence-corrected chi connectivity index (χ2v) is 5.49. The Morgan fingerprint density at radius 2 is 2.20 bits per heavy atom. The fraction of sp³-hybridized carbons (Fsp3) is 0.429. The first-order chi connectivity index (χ1) is 9.65. The minimum atomic E-state index is 0.659. The van der Waals surface area contributed by atoms with Gasteiger partial charge in [-0.1, -0.05) is 11.6 Å². The lowest BCUT2D eigenvalue weighted by atomic mass is 10.3. The standard InChI is InChI=1S/C14H18ClN5/c1-19-7-3-6-16-14(19)17-9-13-18-11-8-10(15)4-5-12(11)20(13)2/h4-5,8H,3,6-7,9H2,1-2H3,(H,16,17). The van der Waals surface area contributed by atoms with E-state index in [1.165, 1.54) is 0 Å². The Hall–Kier alpha value is -1.75. The van der Waals surface area contributed by atoms with Gasteiger partial charge in [-0.25, -0.2) is 4.98 Å². The molecule has 0 amide bonds. The molecule has 1 aromatic carbocycles. The number of aliphatic imine (C=N–C) groups is 1. The molecule has 0 radical (unpaired) electrons. The van der Waals surface area contributed by atoms with Gasteiger partial charge in [-0.15, -0.1) is 0 Å². The Bertz CT molecular complexity index is 661. The number of hydrogen-bond acceptors (Lipinski definition) is 4. The molecule has 1 aliphatic rings. The summed E-state index contributed by atoms with van der Waals surface area (Å²) in [5.41, 5.74) is 2.01. The van der Waals surface area contributed by atoms with Crippen molar-refractivity contribution in [3.05, 3.63) is 29.0 Å². The zero-order chi connectivity index (χ0) is 14.1. The molecule has 6 heteroatoms. The summed E-state index contributed by atoms with van der Waals surface area (Å²) in [7, 11) is 4.08. The third-order valence-electron chi connectivity index (χ3n) is 3.61. The van der Waals surface area contributed by atoms with Crippen LogP contribution in [0.3, 0.4) is 0 Å². The number of hydrogen-bond donors (Lipinski definition) is 1. The highest BCUT2D eigenvalue weighted by Gasteiger charge is 2.12. The van der Waals surface area contributed by atoms with Crippen LogP contribution in [0.25, 0.3) is 11.0 Å². The molecule has 1 N–H and O–H groups in total. The van der Waals surface area contributed by atoms with E-state index in [1.54, 1.807) is 0 Å². The van der Waals surface area contributed by atoms with E-state index in [4.69, 9.17) is 11.6 Å². The number of aryl methyl sites for hydroxylation is 1. The number of nitrogens with one attached hydrogen (secondary N) is 1. The van der Waals surface area contributed by atoms with Gasteiger partial charge < -0.3 is 14.8 Å². The lowest BCUT2D eigenvalue weighted by molar-refractivity contribution is 0.444. The lowest BCUT2D eigenvalue weighted by Crippen LogP contribution is -2.42. The zero-order valence-corrected chi connectivity index (χ0v) is 12.5. The molecule has 2 aromatic rings. The monoisotopic (exact) mass is 291 g/mol. The molecule has 20 heavy (non-hydrogen) atoms. The maximum atomic E-state index is 6.01. The number of aromatic nitrogens is 2. The van der Waals surface area contributed by atoms with Crippen LogP contribution in [-0.4, -0.2) is 40.5 Å². The van der Waals surface area contributed by atoms with Crippen molar-refractivity contribution in [2.75, 3.05) is 20.1 Å². The van der Waals surface area contributed by atoms with Crippen molar-refractivity contribution in [1.82, 2.24) is 19.8 Å². The summed E-state index contributed by atoms with van der Waals surface area (Å²) in [5, 5.41) is 4.08. The number of fused-ring (bicyclic) bond motifs is 1. The van der Waals surface area contributed by atoms with Gasteiger partial charge in [-0.2, -0.15) is 0 Å². The van der Waals surface area contributed by atoms with Gasteiger partial charge in [0.05, 0.1) is 17.6 Å². The van der Waals surface area contributed by atoms with Crippen molar-refractivity contribution in [2.45, 2.75) is 13.0 Å². The van der Waals surface area contributed by atoms with E-state index in [-0.39, 0.29) is 0 Å². The predicted octanol–water partition coefficient (Wildman–Crippen LogP) is 2.01. The van der Waals surface area contributed by atoms with Gasteiger partial charge in [0.1, 0.15) is 5.82 Å². The van der Waals surface area contributed by atoms with Crippen molar-refractivity contribution < 1.29 is 0 Å². The van der Waals surface area contributed by atoms with Crippen LogP contribution in [0.4, 0.5) is 0 Å². The van der Waals surface area contributed by atoms with Crippen molar-refractivity contribution in [3.8, 4) is 0 Å². The molecule has 0 saturated heterocycles. The summed E-state index contributed by atoms with van der Waals surface area (Å²) < 4.78 is 2.09. The number of benzene rings is 1. The SMILES string of the molecule is CN1CCCN=C1NCc1nc2cc(Cl)ccc2n1C. The largest absolute Gasteiger partial charge is 0.349 e. The van der Waals surface area contributed by atoms with Gasteiger partial charge in [-0.05, 0) is 24.6 Å².